The molecule has 0 unspecified atom stereocenters. The first-order chi connectivity index (χ1) is 23.6. The second-order valence-corrected chi connectivity index (χ2v) is 15.2. The van der Waals surface area contributed by atoms with Gasteiger partial charge in [-0.15, -0.1) is 0 Å². The van der Waals surface area contributed by atoms with E-state index in [1.165, 1.54) is 91.4 Å². The van der Waals surface area contributed by atoms with Gasteiger partial charge < -0.3 is 8.39 Å². The van der Waals surface area contributed by atoms with Crippen LogP contribution in [-0.4, -0.2) is 0 Å². The van der Waals surface area contributed by atoms with Crippen molar-refractivity contribution in [1.82, 2.24) is 0 Å². The normalized spacial score (nSPS) is 15.9. The second kappa shape index (κ2) is 12.3. The van der Waals surface area contributed by atoms with Crippen LogP contribution in [0.4, 0.5) is 0 Å². The molecule has 0 radical (unpaired) electrons. The predicted octanol–water partition coefficient (Wildman–Crippen LogP) is 12.8. The standard InChI is InChI=1S/C44H42NO2P/c1-29(35-21-19-31-11-3-5-15-37(31)27-35)45(30(2)36-22-20-32-12-4-6-16-38(32)28-36)48-46-41-25-23-33-13-7-9-17-39(33)43(41)44-40-18-10-8-14-34(40)24-26-42(44)47-48/h3-6,11-12,15-16,19-30H,7-10,13-14,17-18H2,1-2H3/t29-,30+. The Kier molecular flexibility index (Phi) is 7.64. The average molecular weight is 648 g/mol. The van der Waals surface area contributed by atoms with Crippen LogP contribution >= 0.6 is 8.16 Å². The van der Waals surface area contributed by atoms with Crippen molar-refractivity contribution in [2.45, 2.75) is 77.3 Å². The monoisotopic (exact) mass is 647 g/mol. The summed E-state index contributed by atoms with van der Waals surface area (Å²) in [6, 6.07) is 40.3. The van der Waals surface area contributed by atoms with Gasteiger partial charge in [0.2, 0.25) is 0 Å². The number of hydrogen-bond donors (Lipinski definition) is 0. The molecule has 1 aromatic heterocycles. The molecule has 4 heteroatoms. The van der Waals surface area contributed by atoms with Crippen LogP contribution in [0.5, 0.6) is 0 Å². The van der Waals surface area contributed by atoms with Gasteiger partial charge in [0.25, 0.3) is 0 Å². The summed E-state index contributed by atoms with van der Waals surface area (Å²) in [5, 5.41) is 7.64. The molecule has 0 saturated carbocycles. The quantitative estimate of drug-likeness (QED) is 0.186. The molecule has 7 aromatic rings. The van der Waals surface area contributed by atoms with Gasteiger partial charge >= 0.3 is 8.16 Å². The number of aryl methyl sites for hydroxylation is 4. The van der Waals surface area contributed by atoms with Crippen molar-refractivity contribution >= 4 is 51.6 Å². The lowest BCUT2D eigenvalue weighted by Gasteiger charge is -2.32. The molecule has 9 rings (SSSR count). The van der Waals surface area contributed by atoms with Crippen LogP contribution in [0, 0.1) is 0 Å². The van der Waals surface area contributed by atoms with Crippen molar-refractivity contribution in [2.24, 2.45) is 0 Å². The highest BCUT2D eigenvalue weighted by Gasteiger charge is 2.30. The first-order valence-electron chi connectivity index (χ1n) is 17.8. The Labute approximate surface area is 283 Å². The summed E-state index contributed by atoms with van der Waals surface area (Å²) in [5.74, 6) is 0. The summed E-state index contributed by atoms with van der Waals surface area (Å²) in [6.07, 6.45) is 9.48. The molecule has 240 valence electrons. The Morgan fingerprint density at radius 3 is 1.42 bits per heavy atom. The number of nitrogens with zero attached hydrogens (tertiary/aromatic N) is 1. The molecule has 1 heterocycles. The van der Waals surface area contributed by atoms with E-state index in [0.29, 0.717) is 0 Å². The molecule has 2 aliphatic rings. The van der Waals surface area contributed by atoms with Crippen molar-refractivity contribution in [1.29, 1.82) is 0 Å². The van der Waals surface area contributed by atoms with Gasteiger partial charge in [-0.3, -0.25) is 0 Å². The molecular formula is C44H42NO2P. The fourth-order valence-electron chi connectivity index (χ4n) is 8.45. The van der Waals surface area contributed by atoms with E-state index in [2.05, 4.69) is 128 Å². The Morgan fingerprint density at radius 2 is 0.938 bits per heavy atom. The zero-order valence-electron chi connectivity index (χ0n) is 27.9. The molecule has 0 N–H and O–H groups in total. The third-order valence-corrected chi connectivity index (χ3v) is 12.9. The van der Waals surface area contributed by atoms with E-state index in [1.54, 1.807) is 0 Å². The number of hydrogen-bond acceptors (Lipinski definition) is 3. The molecule has 2 atom stereocenters. The molecule has 0 spiro atoms. The van der Waals surface area contributed by atoms with Gasteiger partial charge in [-0.05, 0) is 144 Å². The molecule has 0 bridgehead atoms. The number of benzene rings is 6. The molecule has 0 saturated heterocycles. The molecular weight excluding hydrogens is 605 g/mol. The summed E-state index contributed by atoms with van der Waals surface area (Å²) in [5.41, 5.74) is 10.4. The van der Waals surface area contributed by atoms with Crippen LogP contribution in [0.1, 0.15) is 85.0 Å². The highest BCUT2D eigenvalue weighted by Crippen LogP contribution is 2.48. The largest absolute Gasteiger partial charge is 0.408 e. The lowest BCUT2D eigenvalue weighted by Crippen LogP contribution is -2.27. The molecule has 0 aliphatic heterocycles. The molecule has 3 nitrogen and oxygen atoms in total. The van der Waals surface area contributed by atoms with Gasteiger partial charge in [0.1, 0.15) is 11.2 Å². The van der Waals surface area contributed by atoms with Gasteiger partial charge in [-0.1, -0.05) is 84.9 Å². The minimum Gasteiger partial charge on any atom is -0.408 e. The third-order valence-electron chi connectivity index (χ3n) is 11.1. The number of fused-ring (bicyclic) bond motifs is 9. The maximum Gasteiger partial charge on any atom is 0.310 e. The highest BCUT2D eigenvalue weighted by atomic mass is 31.1. The van der Waals surface area contributed by atoms with E-state index < -0.39 is 8.16 Å². The molecule has 0 fully saturated rings. The Bertz CT molecular complexity index is 2210. The first kappa shape index (κ1) is 29.8. The van der Waals surface area contributed by atoms with Crippen molar-refractivity contribution in [3.05, 3.63) is 143 Å². The van der Waals surface area contributed by atoms with Crippen molar-refractivity contribution in [3.8, 4) is 0 Å². The topological polar surface area (TPSA) is 29.5 Å². The van der Waals surface area contributed by atoms with Crippen LogP contribution in [0.25, 0.3) is 43.5 Å². The van der Waals surface area contributed by atoms with Crippen LogP contribution in [0.3, 0.4) is 0 Å². The fourth-order valence-corrected chi connectivity index (χ4v) is 10.2. The summed E-state index contributed by atoms with van der Waals surface area (Å²) >= 11 is 0. The summed E-state index contributed by atoms with van der Waals surface area (Å²) in [7, 11) is -1.54. The molecule has 0 amide bonds. The molecule has 2 aliphatic carbocycles. The van der Waals surface area contributed by atoms with E-state index in [-0.39, 0.29) is 12.1 Å². The predicted molar refractivity (Wildman–Crippen MR) is 203 cm³/mol. The third kappa shape index (κ3) is 5.16. The van der Waals surface area contributed by atoms with Gasteiger partial charge in [0.15, 0.2) is 0 Å². The first-order valence-corrected chi connectivity index (χ1v) is 19.0. The zero-order chi connectivity index (χ0) is 32.2. The van der Waals surface area contributed by atoms with Gasteiger partial charge in [-0.2, -0.15) is 4.67 Å². The zero-order valence-corrected chi connectivity index (χ0v) is 28.8. The van der Waals surface area contributed by atoms with Crippen molar-refractivity contribution in [3.63, 3.8) is 0 Å². The summed E-state index contributed by atoms with van der Waals surface area (Å²) in [6.45, 7) is 4.65. The van der Waals surface area contributed by atoms with E-state index in [0.717, 1.165) is 36.8 Å². The molecule has 6 aromatic carbocycles. The van der Waals surface area contributed by atoms with Gasteiger partial charge in [-0.25, -0.2) is 0 Å². The van der Waals surface area contributed by atoms with Crippen LogP contribution < -0.4 is 4.67 Å². The van der Waals surface area contributed by atoms with Crippen molar-refractivity contribution in [2.75, 3.05) is 4.67 Å². The maximum absolute atomic E-state index is 7.29. The minimum absolute atomic E-state index is 0.0300. The SMILES string of the molecule is C[C@H](c1ccc2ccccc2c1)N([C@@H](C)c1ccc2ccccc2c1)p1oc2ccc3c(c2c2c4c(ccc2o1)CCCC4)CCCC3. The summed E-state index contributed by atoms with van der Waals surface area (Å²) < 4.78 is 17.1. The van der Waals surface area contributed by atoms with Crippen molar-refractivity contribution < 1.29 is 8.39 Å². The number of rotatable bonds is 5. The van der Waals surface area contributed by atoms with E-state index >= 15 is 0 Å². The van der Waals surface area contributed by atoms with Gasteiger partial charge in [0.05, 0.1) is 0 Å². The Hall–Kier alpha value is -4.30. The molecule has 48 heavy (non-hydrogen) atoms. The van der Waals surface area contributed by atoms with Crippen LogP contribution in [0.2, 0.25) is 0 Å². The summed E-state index contributed by atoms with van der Waals surface area (Å²) in [4.78, 5) is 0. The lowest BCUT2D eigenvalue weighted by molar-refractivity contribution is 0.558. The average Bonchev–Trinajstić information content (AvgIpc) is 3.31. The highest BCUT2D eigenvalue weighted by molar-refractivity contribution is 7.39. The minimum atomic E-state index is -1.54. The fraction of sp³-hybridized carbons (Fsp3) is 0.273. The van der Waals surface area contributed by atoms with Crippen LogP contribution in [-0.2, 0) is 25.7 Å². The Morgan fingerprint density at radius 1 is 0.500 bits per heavy atom. The van der Waals surface area contributed by atoms with E-state index in [4.69, 9.17) is 8.39 Å². The Balaban J connectivity index is 1.31. The van der Waals surface area contributed by atoms with E-state index in [9.17, 15) is 0 Å². The lowest BCUT2D eigenvalue weighted by atomic mass is 9.84. The van der Waals surface area contributed by atoms with E-state index in [1.807, 2.05) is 0 Å². The second-order valence-electron chi connectivity index (χ2n) is 13.9. The maximum atomic E-state index is 7.29. The smallest absolute Gasteiger partial charge is 0.310 e. The van der Waals surface area contributed by atoms with Crippen LogP contribution in [0.15, 0.2) is 118 Å². The van der Waals surface area contributed by atoms with Gasteiger partial charge in [0, 0.05) is 22.9 Å².